The van der Waals surface area contributed by atoms with Gasteiger partial charge in [0.1, 0.15) is 11.3 Å². The lowest BCUT2D eigenvalue weighted by Gasteiger charge is -2.36. The topological polar surface area (TPSA) is 113 Å². The molecule has 9 nitrogen and oxygen atoms in total. The minimum absolute atomic E-state index is 0.181. The van der Waals surface area contributed by atoms with Gasteiger partial charge in [0.05, 0.1) is 26.1 Å². The number of esters is 1. The first-order valence-corrected chi connectivity index (χ1v) is 14.6. The number of carboxylic acid groups (broad SMARTS) is 1. The van der Waals surface area contributed by atoms with Crippen LogP contribution in [0.2, 0.25) is 0 Å². The number of carbonyl (C=O) groups excluding carboxylic acids is 3. The summed E-state index contributed by atoms with van der Waals surface area (Å²) in [6.45, 7) is 2.78. The lowest BCUT2D eigenvalue weighted by atomic mass is 9.77. The standard InChI is InChI=1S/C26H34N2O5S.C2HF3O2/c1-4-27-23(29)20-21(24(27)30)26(25(31)33-3)13-8-14-28(26)22(20)16-11-12-19(18(15-16)32-2)34-17-9-6-5-7-10-17;3-2(4,5)1(6)7/h11-12,15,17,20-22H,4-10,13-14H2,1-3H3;(H,6,7)/t20-,21-,22+,26-;/m0./s1. The Kier molecular flexibility index (Phi) is 9.27. The van der Waals surface area contributed by atoms with Gasteiger partial charge in [-0.2, -0.15) is 13.2 Å². The van der Waals surface area contributed by atoms with Crippen molar-refractivity contribution < 1.29 is 46.9 Å². The van der Waals surface area contributed by atoms with Gasteiger partial charge in [0.25, 0.3) is 0 Å². The van der Waals surface area contributed by atoms with Crippen LogP contribution in [0.1, 0.15) is 63.5 Å². The van der Waals surface area contributed by atoms with E-state index < -0.39 is 35.5 Å². The van der Waals surface area contributed by atoms with E-state index in [1.54, 1.807) is 7.11 Å². The highest BCUT2D eigenvalue weighted by molar-refractivity contribution is 8.00. The molecule has 4 fully saturated rings. The number of aliphatic carboxylic acids is 1. The average Bonchev–Trinajstić information content (AvgIpc) is 3.57. The van der Waals surface area contributed by atoms with Gasteiger partial charge >= 0.3 is 18.1 Å². The average molecular weight is 601 g/mol. The first kappa shape index (κ1) is 31.1. The molecule has 0 aromatic heterocycles. The molecule has 0 unspecified atom stereocenters. The van der Waals surface area contributed by atoms with Crippen molar-refractivity contribution in [2.45, 2.75) is 79.8 Å². The van der Waals surface area contributed by atoms with E-state index >= 15 is 0 Å². The second-order valence-corrected chi connectivity index (χ2v) is 12.0. The Balaban J connectivity index is 0.000000493. The van der Waals surface area contributed by atoms with Gasteiger partial charge in [-0.05, 0) is 56.8 Å². The van der Waals surface area contributed by atoms with E-state index in [9.17, 15) is 27.6 Å². The molecule has 5 rings (SSSR count). The highest BCUT2D eigenvalue weighted by Gasteiger charge is 2.73. The SMILES string of the molecule is CCN1C(=O)[C@@H]2[C@@H](c3ccc(SC4CCCCC4)c(OC)c3)N3CCC[C@@]3(C(=O)OC)[C@@H]2C1=O.O=C(O)C(F)(F)F. The van der Waals surface area contributed by atoms with E-state index in [1.165, 1.54) is 44.1 Å². The van der Waals surface area contributed by atoms with Crippen LogP contribution in [0, 0.1) is 11.8 Å². The molecule has 3 aliphatic heterocycles. The van der Waals surface area contributed by atoms with Crippen molar-refractivity contribution in [2.24, 2.45) is 11.8 Å². The smallest absolute Gasteiger partial charge is 0.490 e. The Morgan fingerprint density at radius 1 is 1.10 bits per heavy atom. The number of likely N-dealkylation sites (tertiary alicyclic amines) is 1. The Hall–Kier alpha value is -2.80. The minimum Gasteiger partial charge on any atom is -0.496 e. The fourth-order valence-electron chi connectivity index (χ4n) is 6.90. The number of alkyl halides is 3. The molecule has 41 heavy (non-hydrogen) atoms. The summed E-state index contributed by atoms with van der Waals surface area (Å²) >= 11 is 1.88. The van der Waals surface area contributed by atoms with Gasteiger partial charge in [0.2, 0.25) is 11.8 Å². The van der Waals surface area contributed by atoms with Crippen molar-refractivity contribution in [1.82, 2.24) is 9.80 Å². The first-order chi connectivity index (χ1) is 19.4. The molecule has 1 saturated carbocycles. The van der Waals surface area contributed by atoms with E-state index in [4.69, 9.17) is 19.4 Å². The van der Waals surface area contributed by atoms with Crippen LogP contribution in [-0.2, 0) is 23.9 Å². The third-order valence-corrected chi connectivity index (χ3v) is 9.97. The molecule has 0 spiro atoms. The van der Waals surface area contributed by atoms with Crippen molar-refractivity contribution in [1.29, 1.82) is 0 Å². The summed E-state index contributed by atoms with van der Waals surface area (Å²) in [5.74, 6) is -4.09. The fraction of sp³-hybridized carbons (Fsp3) is 0.643. The lowest BCUT2D eigenvalue weighted by Crippen LogP contribution is -2.54. The number of ether oxygens (including phenoxy) is 2. The predicted molar refractivity (Wildman–Crippen MR) is 142 cm³/mol. The second kappa shape index (κ2) is 12.2. The van der Waals surface area contributed by atoms with Crippen LogP contribution in [0.15, 0.2) is 23.1 Å². The van der Waals surface area contributed by atoms with E-state index in [1.807, 2.05) is 24.8 Å². The van der Waals surface area contributed by atoms with Crippen LogP contribution in [0.4, 0.5) is 13.2 Å². The first-order valence-electron chi connectivity index (χ1n) is 13.8. The minimum atomic E-state index is -5.08. The molecule has 1 N–H and O–H groups in total. The molecule has 1 aromatic rings. The monoisotopic (exact) mass is 600 g/mol. The quantitative estimate of drug-likeness (QED) is 0.374. The number of imide groups is 1. The Morgan fingerprint density at radius 2 is 1.76 bits per heavy atom. The van der Waals surface area contributed by atoms with Gasteiger partial charge in [-0.25, -0.2) is 4.79 Å². The molecule has 0 radical (unpaired) electrons. The fourth-order valence-corrected chi connectivity index (χ4v) is 8.23. The number of fused-ring (bicyclic) bond motifs is 3. The van der Waals surface area contributed by atoms with Gasteiger partial charge in [-0.1, -0.05) is 25.3 Å². The number of benzene rings is 1. The summed E-state index contributed by atoms with van der Waals surface area (Å²) < 4.78 is 42.8. The summed E-state index contributed by atoms with van der Waals surface area (Å²) in [4.78, 5) is 53.5. The van der Waals surface area contributed by atoms with E-state index in [0.29, 0.717) is 24.8 Å². The van der Waals surface area contributed by atoms with Gasteiger partial charge in [0, 0.05) is 22.7 Å². The van der Waals surface area contributed by atoms with E-state index in [-0.39, 0.29) is 17.9 Å². The zero-order chi connectivity index (χ0) is 30.1. The van der Waals surface area contributed by atoms with Crippen LogP contribution in [-0.4, -0.2) is 82.9 Å². The molecule has 3 heterocycles. The maximum atomic E-state index is 13.5. The van der Waals surface area contributed by atoms with Crippen molar-refractivity contribution >= 4 is 35.5 Å². The van der Waals surface area contributed by atoms with Crippen LogP contribution in [0.5, 0.6) is 5.75 Å². The molecule has 0 bridgehead atoms. The predicted octanol–water partition coefficient (Wildman–Crippen LogP) is 4.44. The Bertz CT molecular complexity index is 1190. The van der Waals surface area contributed by atoms with Gasteiger partial charge < -0.3 is 14.6 Å². The molecule has 226 valence electrons. The van der Waals surface area contributed by atoms with Crippen molar-refractivity contribution in [3.63, 3.8) is 0 Å². The number of hydrogen-bond donors (Lipinski definition) is 1. The van der Waals surface area contributed by atoms with Crippen molar-refractivity contribution in [3.05, 3.63) is 23.8 Å². The summed E-state index contributed by atoms with van der Waals surface area (Å²) in [6.07, 6.45) is 2.55. The van der Waals surface area contributed by atoms with Crippen LogP contribution < -0.4 is 4.74 Å². The largest absolute Gasteiger partial charge is 0.496 e. The summed E-state index contributed by atoms with van der Waals surface area (Å²) in [6, 6.07) is 5.82. The molecule has 1 aromatic carbocycles. The summed E-state index contributed by atoms with van der Waals surface area (Å²) in [5, 5.41) is 7.72. The highest BCUT2D eigenvalue weighted by Crippen LogP contribution is 2.59. The molecule has 4 atom stereocenters. The summed E-state index contributed by atoms with van der Waals surface area (Å²) in [7, 11) is 3.05. The third kappa shape index (κ3) is 5.54. The Morgan fingerprint density at radius 3 is 2.32 bits per heavy atom. The molecule has 1 aliphatic carbocycles. The number of carboxylic acids is 1. The van der Waals surface area contributed by atoms with E-state index in [2.05, 4.69) is 17.0 Å². The van der Waals surface area contributed by atoms with Crippen molar-refractivity contribution in [2.75, 3.05) is 27.3 Å². The molecule has 4 aliphatic rings. The number of rotatable bonds is 6. The Labute approximate surface area is 240 Å². The number of hydrogen-bond acceptors (Lipinski definition) is 8. The molecule has 3 saturated heterocycles. The number of thioether (sulfide) groups is 1. The molecular formula is C28H35F3N2O7S. The maximum Gasteiger partial charge on any atom is 0.490 e. The lowest BCUT2D eigenvalue weighted by molar-refractivity contribution is -0.192. The number of methoxy groups -OCH3 is 2. The number of carbonyl (C=O) groups is 4. The summed E-state index contributed by atoms with van der Waals surface area (Å²) in [5.41, 5.74) is -0.157. The molecule has 13 heteroatoms. The third-order valence-electron chi connectivity index (χ3n) is 8.57. The van der Waals surface area contributed by atoms with Gasteiger partial charge in [-0.15, -0.1) is 11.8 Å². The maximum absolute atomic E-state index is 13.5. The normalized spacial score (nSPS) is 28.1. The number of amides is 2. The van der Waals surface area contributed by atoms with Crippen LogP contribution >= 0.6 is 11.8 Å². The number of halogens is 3. The van der Waals surface area contributed by atoms with Gasteiger partial charge in [-0.3, -0.25) is 24.2 Å². The molecule has 2 amide bonds. The van der Waals surface area contributed by atoms with E-state index in [0.717, 1.165) is 22.6 Å². The highest BCUT2D eigenvalue weighted by atomic mass is 32.2. The van der Waals surface area contributed by atoms with Crippen LogP contribution in [0.3, 0.4) is 0 Å². The second-order valence-electron chi connectivity index (χ2n) is 10.7. The zero-order valence-electron chi connectivity index (χ0n) is 23.2. The van der Waals surface area contributed by atoms with Crippen LogP contribution in [0.25, 0.3) is 0 Å². The zero-order valence-corrected chi connectivity index (χ0v) is 24.1. The number of nitrogens with zero attached hydrogens (tertiary/aromatic N) is 2. The molecular weight excluding hydrogens is 565 g/mol. The van der Waals surface area contributed by atoms with Gasteiger partial charge in [0.15, 0.2) is 0 Å². The van der Waals surface area contributed by atoms with Crippen molar-refractivity contribution in [3.8, 4) is 5.75 Å².